The summed E-state index contributed by atoms with van der Waals surface area (Å²) in [6.45, 7) is 2.00. The van der Waals surface area contributed by atoms with E-state index in [1.807, 2.05) is 37.3 Å². The van der Waals surface area contributed by atoms with Gasteiger partial charge in [-0.25, -0.2) is 9.78 Å². The third-order valence-corrected chi connectivity index (χ3v) is 5.28. The maximum atomic E-state index is 11.8. The molecule has 5 nitrogen and oxygen atoms in total. The maximum absolute atomic E-state index is 11.8. The molecule has 0 bridgehead atoms. The Labute approximate surface area is 132 Å². The summed E-state index contributed by atoms with van der Waals surface area (Å²) < 4.78 is 5.02. The Morgan fingerprint density at radius 2 is 2.14 bits per heavy atom. The number of hydrogen-bond acceptors (Lipinski definition) is 6. The van der Waals surface area contributed by atoms with Crippen molar-refractivity contribution in [3.8, 4) is 0 Å². The zero-order valence-electron chi connectivity index (χ0n) is 11.9. The number of likely N-dealkylation sites (N-methyl/N-ethyl adjacent to an activating group) is 1. The number of nitrogens with zero attached hydrogens (tertiary/aromatic N) is 2. The van der Waals surface area contributed by atoms with Crippen LogP contribution in [0.25, 0.3) is 0 Å². The SMILES string of the molecule is CCc1nsc(SCC(NC)(C(=O)O)c2ccccc2)n1. The van der Waals surface area contributed by atoms with E-state index >= 15 is 0 Å². The second-order valence-electron chi connectivity index (χ2n) is 4.45. The molecule has 1 heterocycles. The number of aryl methyl sites for hydroxylation is 1. The minimum atomic E-state index is -1.13. The molecule has 2 rings (SSSR count). The molecule has 1 aromatic carbocycles. The molecule has 0 aliphatic carbocycles. The number of nitrogens with one attached hydrogen (secondary N) is 1. The van der Waals surface area contributed by atoms with Crippen molar-refractivity contribution in [2.75, 3.05) is 12.8 Å². The van der Waals surface area contributed by atoms with Gasteiger partial charge in [0, 0.05) is 12.2 Å². The van der Waals surface area contributed by atoms with Crippen molar-refractivity contribution in [1.82, 2.24) is 14.7 Å². The summed E-state index contributed by atoms with van der Waals surface area (Å²) >= 11 is 2.73. The van der Waals surface area contributed by atoms with Gasteiger partial charge in [0.1, 0.15) is 5.82 Å². The Morgan fingerprint density at radius 3 is 2.67 bits per heavy atom. The first-order valence-corrected chi connectivity index (χ1v) is 8.31. The summed E-state index contributed by atoms with van der Waals surface area (Å²) in [5.74, 6) is 0.248. The van der Waals surface area contributed by atoms with E-state index in [2.05, 4.69) is 14.7 Å². The molecule has 1 atom stereocenters. The average Bonchev–Trinajstić information content (AvgIpc) is 2.97. The molecule has 0 saturated carbocycles. The lowest BCUT2D eigenvalue weighted by Crippen LogP contribution is -2.49. The minimum Gasteiger partial charge on any atom is -0.480 e. The summed E-state index contributed by atoms with van der Waals surface area (Å²) in [6, 6.07) is 9.20. The lowest BCUT2D eigenvalue weighted by atomic mass is 9.92. The van der Waals surface area contributed by atoms with Crippen LogP contribution < -0.4 is 5.32 Å². The average molecular weight is 323 g/mol. The highest BCUT2D eigenvalue weighted by Gasteiger charge is 2.39. The summed E-state index contributed by atoms with van der Waals surface area (Å²) in [4.78, 5) is 16.2. The third-order valence-electron chi connectivity index (χ3n) is 3.24. The highest BCUT2D eigenvalue weighted by atomic mass is 32.2. The lowest BCUT2D eigenvalue weighted by Gasteiger charge is -2.28. The van der Waals surface area contributed by atoms with Crippen LogP contribution in [0.5, 0.6) is 0 Å². The van der Waals surface area contributed by atoms with Gasteiger partial charge < -0.3 is 10.4 Å². The normalized spacial score (nSPS) is 13.8. The van der Waals surface area contributed by atoms with Gasteiger partial charge in [-0.1, -0.05) is 49.0 Å². The summed E-state index contributed by atoms with van der Waals surface area (Å²) in [5.41, 5.74) is -0.406. The van der Waals surface area contributed by atoms with Crippen LogP contribution in [-0.2, 0) is 16.8 Å². The molecule has 21 heavy (non-hydrogen) atoms. The number of carboxylic acid groups (broad SMARTS) is 1. The topological polar surface area (TPSA) is 75.1 Å². The zero-order chi connectivity index (χ0) is 15.3. The summed E-state index contributed by atoms with van der Waals surface area (Å²) in [5, 5.41) is 12.7. The molecule has 7 heteroatoms. The molecule has 2 N–H and O–H groups in total. The van der Waals surface area contributed by atoms with Crippen LogP contribution in [0.2, 0.25) is 0 Å². The third kappa shape index (κ3) is 3.42. The van der Waals surface area contributed by atoms with Gasteiger partial charge in [-0.3, -0.25) is 0 Å². The fourth-order valence-corrected chi connectivity index (χ4v) is 3.87. The number of aromatic nitrogens is 2. The lowest BCUT2D eigenvalue weighted by molar-refractivity contribution is -0.144. The molecular weight excluding hydrogens is 306 g/mol. The van der Waals surface area contributed by atoms with Gasteiger partial charge >= 0.3 is 5.97 Å². The second kappa shape index (κ2) is 7.02. The monoisotopic (exact) mass is 323 g/mol. The Kier molecular flexibility index (Phi) is 5.33. The van der Waals surface area contributed by atoms with E-state index in [1.165, 1.54) is 23.3 Å². The predicted molar refractivity (Wildman–Crippen MR) is 84.8 cm³/mol. The number of hydrogen-bond donors (Lipinski definition) is 2. The van der Waals surface area contributed by atoms with Crippen molar-refractivity contribution in [3.05, 3.63) is 41.7 Å². The van der Waals surface area contributed by atoms with Crippen molar-refractivity contribution in [3.63, 3.8) is 0 Å². The van der Waals surface area contributed by atoms with E-state index in [9.17, 15) is 9.90 Å². The standard InChI is InChI=1S/C14H17N3O2S2/c1-3-11-16-13(21-17-11)20-9-14(15-2,12(18)19)10-7-5-4-6-8-10/h4-8,15H,3,9H2,1-2H3,(H,18,19). The van der Waals surface area contributed by atoms with Crippen molar-refractivity contribution in [2.45, 2.75) is 23.2 Å². The number of carboxylic acids is 1. The van der Waals surface area contributed by atoms with Gasteiger partial charge in [0.25, 0.3) is 0 Å². The largest absolute Gasteiger partial charge is 0.480 e. The van der Waals surface area contributed by atoms with E-state index in [0.717, 1.165) is 22.1 Å². The number of thioether (sulfide) groups is 1. The highest BCUT2D eigenvalue weighted by Crippen LogP contribution is 2.30. The van der Waals surface area contributed by atoms with E-state index < -0.39 is 11.5 Å². The van der Waals surface area contributed by atoms with Gasteiger partial charge in [-0.2, -0.15) is 4.37 Å². The van der Waals surface area contributed by atoms with Gasteiger partial charge in [0.2, 0.25) is 0 Å². The van der Waals surface area contributed by atoms with Crippen LogP contribution >= 0.6 is 23.3 Å². The van der Waals surface area contributed by atoms with Crippen molar-refractivity contribution < 1.29 is 9.90 Å². The molecule has 112 valence electrons. The molecule has 2 aromatic rings. The van der Waals surface area contributed by atoms with Crippen LogP contribution in [-0.4, -0.2) is 33.2 Å². The quantitative estimate of drug-likeness (QED) is 0.762. The number of aliphatic carboxylic acids is 1. The molecule has 0 spiro atoms. The molecule has 0 amide bonds. The minimum absolute atomic E-state index is 0.348. The molecule has 0 saturated heterocycles. The Bertz CT molecular complexity index is 603. The van der Waals surface area contributed by atoms with E-state index in [0.29, 0.717) is 5.75 Å². The van der Waals surface area contributed by atoms with Crippen molar-refractivity contribution in [2.24, 2.45) is 0 Å². The summed E-state index contributed by atoms with van der Waals surface area (Å²) in [7, 11) is 1.67. The maximum Gasteiger partial charge on any atom is 0.329 e. The molecule has 0 aliphatic rings. The van der Waals surface area contributed by atoms with Crippen LogP contribution in [0.1, 0.15) is 18.3 Å². The van der Waals surface area contributed by atoms with Crippen molar-refractivity contribution >= 4 is 29.3 Å². The van der Waals surface area contributed by atoms with Crippen molar-refractivity contribution in [1.29, 1.82) is 0 Å². The Balaban J connectivity index is 2.23. The zero-order valence-corrected chi connectivity index (χ0v) is 13.5. The molecule has 0 fully saturated rings. The van der Waals surface area contributed by atoms with E-state index in [1.54, 1.807) is 7.05 Å². The van der Waals surface area contributed by atoms with E-state index in [4.69, 9.17) is 0 Å². The molecule has 1 unspecified atom stereocenters. The Hall–Kier alpha value is -1.44. The van der Waals surface area contributed by atoms with Gasteiger partial charge in [-0.15, -0.1) is 0 Å². The van der Waals surface area contributed by atoms with Crippen LogP contribution in [0.4, 0.5) is 0 Å². The number of rotatable bonds is 7. The van der Waals surface area contributed by atoms with Crippen LogP contribution in [0.15, 0.2) is 34.7 Å². The van der Waals surface area contributed by atoms with Gasteiger partial charge in [0.05, 0.1) is 0 Å². The first-order valence-electron chi connectivity index (χ1n) is 6.55. The smallest absolute Gasteiger partial charge is 0.329 e. The fraction of sp³-hybridized carbons (Fsp3) is 0.357. The van der Waals surface area contributed by atoms with Gasteiger partial charge in [0.15, 0.2) is 9.88 Å². The first kappa shape index (κ1) is 15.9. The van der Waals surface area contributed by atoms with Crippen LogP contribution in [0, 0.1) is 0 Å². The predicted octanol–water partition coefficient (Wildman–Crippen LogP) is 2.39. The summed E-state index contributed by atoms with van der Waals surface area (Å²) in [6.07, 6.45) is 0.784. The number of benzene rings is 1. The first-order chi connectivity index (χ1) is 10.1. The van der Waals surface area contributed by atoms with Crippen LogP contribution in [0.3, 0.4) is 0 Å². The van der Waals surface area contributed by atoms with Gasteiger partial charge in [-0.05, 0) is 24.1 Å². The number of carbonyl (C=O) groups is 1. The Morgan fingerprint density at radius 1 is 1.43 bits per heavy atom. The molecule has 0 aliphatic heterocycles. The van der Waals surface area contributed by atoms with E-state index in [-0.39, 0.29) is 0 Å². The highest BCUT2D eigenvalue weighted by molar-refractivity contribution is 8.01. The molecular formula is C14H17N3O2S2. The fourth-order valence-electron chi connectivity index (χ4n) is 1.92. The molecule has 0 radical (unpaired) electrons. The molecule has 1 aromatic heterocycles. The second-order valence-corrected chi connectivity index (χ2v) is 6.42.